The monoisotopic (exact) mass is 292 g/mol. The zero-order valence-electron chi connectivity index (χ0n) is 12.4. The Morgan fingerprint density at radius 3 is 2.30 bits per heavy atom. The number of hydrogen-bond acceptors (Lipinski definition) is 2. The van der Waals surface area contributed by atoms with E-state index in [1.807, 2.05) is 0 Å². The number of halogens is 3. The van der Waals surface area contributed by atoms with Gasteiger partial charge in [0.05, 0.1) is 0 Å². The molecule has 20 heavy (non-hydrogen) atoms. The summed E-state index contributed by atoms with van der Waals surface area (Å²) in [6.07, 6.45) is 2.40. The number of hydrogen-bond donors (Lipinski definition) is 1. The Morgan fingerprint density at radius 2 is 1.75 bits per heavy atom. The molecular weight excluding hydrogens is 265 g/mol. The summed E-state index contributed by atoms with van der Waals surface area (Å²) in [6, 6.07) is 1.80. The topological polar surface area (TPSA) is 15.3 Å². The van der Waals surface area contributed by atoms with Crippen LogP contribution in [0.4, 0.5) is 13.2 Å². The highest BCUT2D eigenvalue weighted by Gasteiger charge is 2.37. The minimum atomic E-state index is -3.99. The van der Waals surface area contributed by atoms with Crippen molar-refractivity contribution < 1.29 is 13.2 Å². The average molecular weight is 292 g/mol. The predicted molar refractivity (Wildman–Crippen MR) is 74.7 cm³/mol. The Hall–Kier alpha value is -0.290. The third-order valence-electron chi connectivity index (χ3n) is 4.75. The predicted octanol–water partition coefficient (Wildman–Crippen LogP) is 3.71. The van der Waals surface area contributed by atoms with E-state index in [0.717, 1.165) is 13.1 Å². The molecule has 1 N–H and O–H groups in total. The molecule has 0 amide bonds. The van der Waals surface area contributed by atoms with Crippen molar-refractivity contribution in [2.75, 3.05) is 13.1 Å². The van der Waals surface area contributed by atoms with Gasteiger partial charge in [-0.1, -0.05) is 13.3 Å². The Morgan fingerprint density at radius 1 is 1.10 bits per heavy atom. The lowest BCUT2D eigenvalue weighted by Crippen LogP contribution is -2.56. The lowest BCUT2D eigenvalue weighted by Gasteiger charge is -2.49. The summed E-state index contributed by atoms with van der Waals surface area (Å²) in [6.45, 7) is 4.00. The Kier molecular flexibility index (Phi) is 5.73. The first kappa shape index (κ1) is 16.1. The lowest BCUT2D eigenvalue weighted by atomic mass is 9.81. The van der Waals surface area contributed by atoms with Crippen LogP contribution >= 0.6 is 0 Å². The fourth-order valence-corrected chi connectivity index (χ4v) is 3.92. The van der Waals surface area contributed by atoms with Crippen molar-refractivity contribution in [2.45, 2.75) is 82.6 Å². The molecule has 2 rings (SSSR count). The van der Waals surface area contributed by atoms with E-state index in [1.165, 1.54) is 32.1 Å². The number of nitrogens with zero attached hydrogens (tertiary/aromatic N) is 1. The zero-order valence-corrected chi connectivity index (χ0v) is 12.4. The van der Waals surface area contributed by atoms with Gasteiger partial charge in [0.25, 0.3) is 0 Å². The van der Waals surface area contributed by atoms with Gasteiger partial charge >= 0.3 is 6.18 Å². The van der Waals surface area contributed by atoms with Crippen LogP contribution in [0.5, 0.6) is 0 Å². The second kappa shape index (κ2) is 7.12. The second-order valence-corrected chi connectivity index (χ2v) is 6.27. The molecule has 0 aromatic heterocycles. The van der Waals surface area contributed by atoms with Gasteiger partial charge in [-0.2, -0.15) is 13.2 Å². The number of nitrogens with one attached hydrogen (secondary N) is 1. The van der Waals surface area contributed by atoms with Crippen LogP contribution in [0.2, 0.25) is 0 Å². The van der Waals surface area contributed by atoms with E-state index in [2.05, 4.69) is 17.1 Å². The van der Waals surface area contributed by atoms with Crippen molar-refractivity contribution in [1.82, 2.24) is 10.2 Å². The van der Waals surface area contributed by atoms with Crippen LogP contribution in [0.3, 0.4) is 0 Å². The van der Waals surface area contributed by atoms with E-state index < -0.39 is 12.6 Å². The maximum atomic E-state index is 12.2. The van der Waals surface area contributed by atoms with Gasteiger partial charge in [0.15, 0.2) is 0 Å². The quantitative estimate of drug-likeness (QED) is 0.751. The van der Waals surface area contributed by atoms with Crippen LogP contribution < -0.4 is 5.32 Å². The molecule has 0 radical (unpaired) electrons. The number of alkyl halides is 3. The van der Waals surface area contributed by atoms with Gasteiger partial charge < -0.3 is 5.32 Å². The highest BCUT2D eigenvalue weighted by atomic mass is 19.4. The van der Waals surface area contributed by atoms with Gasteiger partial charge in [0, 0.05) is 24.5 Å². The molecule has 2 heterocycles. The first-order chi connectivity index (χ1) is 9.49. The molecule has 118 valence electrons. The number of fused-ring (bicyclic) bond motifs is 2. The first-order valence-electron chi connectivity index (χ1n) is 8.05. The van der Waals surface area contributed by atoms with E-state index in [1.54, 1.807) is 0 Å². The minimum absolute atomic E-state index is 0.274. The Labute approximate surface area is 120 Å². The summed E-state index contributed by atoms with van der Waals surface area (Å²) < 4.78 is 36.5. The maximum absolute atomic E-state index is 12.2. The average Bonchev–Trinajstić information content (AvgIpc) is 2.34. The van der Waals surface area contributed by atoms with Crippen molar-refractivity contribution in [3.8, 4) is 0 Å². The molecule has 2 unspecified atom stereocenters. The van der Waals surface area contributed by atoms with Gasteiger partial charge in [-0.3, -0.25) is 4.90 Å². The molecule has 2 bridgehead atoms. The molecular formula is C15H27F3N2. The lowest BCUT2D eigenvalue weighted by molar-refractivity contribution is -0.136. The molecule has 0 aromatic carbocycles. The molecule has 0 aliphatic carbocycles. The zero-order chi connectivity index (χ0) is 14.6. The van der Waals surface area contributed by atoms with Gasteiger partial charge in [-0.15, -0.1) is 0 Å². The maximum Gasteiger partial charge on any atom is 0.389 e. The van der Waals surface area contributed by atoms with Gasteiger partial charge in [-0.25, -0.2) is 0 Å². The third-order valence-corrected chi connectivity index (χ3v) is 4.75. The highest BCUT2D eigenvalue weighted by molar-refractivity contribution is 4.94. The van der Waals surface area contributed by atoms with E-state index in [-0.39, 0.29) is 6.42 Å². The molecule has 0 spiro atoms. The Balaban J connectivity index is 1.77. The van der Waals surface area contributed by atoms with Gasteiger partial charge in [0.2, 0.25) is 0 Å². The molecule has 5 heteroatoms. The van der Waals surface area contributed by atoms with Crippen molar-refractivity contribution in [3.63, 3.8) is 0 Å². The number of unbranched alkanes of at least 4 members (excludes halogenated alkanes) is 1. The third kappa shape index (κ3) is 4.62. The molecule has 2 saturated heterocycles. The molecule has 2 atom stereocenters. The van der Waals surface area contributed by atoms with Crippen molar-refractivity contribution in [3.05, 3.63) is 0 Å². The van der Waals surface area contributed by atoms with Crippen LogP contribution in [-0.4, -0.2) is 42.3 Å². The fraction of sp³-hybridized carbons (Fsp3) is 1.00. The molecule has 2 aliphatic rings. The summed E-state index contributed by atoms with van der Waals surface area (Å²) >= 11 is 0. The number of rotatable bonds is 6. The summed E-state index contributed by atoms with van der Waals surface area (Å²) in [5.41, 5.74) is 0. The van der Waals surface area contributed by atoms with Crippen LogP contribution in [0.25, 0.3) is 0 Å². The van der Waals surface area contributed by atoms with E-state index in [9.17, 15) is 13.2 Å². The van der Waals surface area contributed by atoms with E-state index >= 15 is 0 Å². The largest absolute Gasteiger partial charge is 0.389 e. The van der Waals surface area contributed by atoms with Crippen LogP contribution in [0.1, 0.15) is 58.3 Å². The second-order valence-electron chi connectivity index (χ2n) is 6.27. The standard InChI is InChI=1S/C15H27F3N2/c1-2-19-12-10-13-6-5-7-14(11-12)20(13)9-4-3-8-15(16,17)18/h12-14,19H,2-11H2,1H3. The van der Waals surface area contributed by atoms with Gasteiger partial charge in [0.1, 0.15) is 0 Å². The molecule has 0 saturated carbocycles. The SMILES string of the molecule is CCNC1CC2CCCC(C1)N2CCCCC(F)(F)F. The smallest absolute Gasteiger partial charge is 0.314 e. The van der Waals surface area contributed by atoms with Crippen molar-refractivity contribution >= 4 is 0 Å². The highest BCUT2D eigenvalue weighted by Crippen LogP contribution is 2.34. The molecule has 2 nitrogen and oxygen atoms in total. The molecule has 2 aliphatic heterocycles. The Bertz CT molecular complexity index is 279. The van der Waals surface area contributed by atoms with E-state index in [4.69, 9.17) is 0 Å². The van der Waals surface area contributed by atoms with Crippen LogP contribution in [0, 0.1) is 0 Å². The summed E-state index contributed by atoms with van der Waals surface area (Å²) in [5.74, 6) is 0. The van der Waals surface area contributed by atoms with Gasteiger partial charge in [-0.05, 0) is 51.6 Å². The van der Waals surface area contributed by atoms with Crippen molar-refractivity contribution in [1.29, 1.82) is 0 Å². The van der Waals surface area contributed by atoms with Crippen LogP contribution in [0.15, 0.2) is 0 Å². The van der Waals surface area contributed by atoms with Crippen LogP contribution in [-0.2, 0) is 0 Å². The normalized spacial score (nSPS) is 31.5. The fourth-order valence-electron chi connectivity index (χ4n) is 3.92. The number of piperidine rings is 2. The van der Waals surface area contributed by atoms with Crippen molar-refractivity contribution in [2.24, 2.45) is 0 Å². The molecule has 2 fully saturated rings. The minimum Gasteiger partial charge on any atom is -0.314 e. The summed E-state index contributed by atoms with van der Waals surface area (Å²) in [4.78, 5) is 2.51. The van der Waals surface area contributed by atoms with E-state index in [0.29, 0.717) is 24.5 Å². The summed E-state index contributed by atoms with van der Waals surface area (Å²) in [7, 11) is 0. The summed E-state index contributed by atoms with van der Waals surface area (Å²) in [5, 5.41) is 3.55. The first-order valence-corrected chi connectivity index (χ1v) is 8.05. The molecule has 0 aromatic rings.